The van der Waals surface area contributed by atoms with Gasteiger partial charge < -0.3 is 10.4 Å². The Kier molecular flexibility index (Phi) is 4.48. The van der Waals surface area contributed by atoms with Gasteiger partial charge in [-0.05, 0) is 34.5 Å². The minimum Gasteiger partial charge on any atom is -0.478 e. The molecule has 0 atom stereocenters. The van der Waals surface area contributed by atoms with E-state index in [1.807, 2.05) is 17.5 Å². The number of hydrogen-bond donors (Lipinski definition) is 2. The molecule has 0 unspecified atom stereocenters. The molecule has 4 nitrogen and oxygen atoms in total. The Balaban J connectivity index is 2.03. The molecule has 0 aliphatic rings. The van der Waals surface area contributed by atoms with Crippen LogP contribution < -0.4 is 5.32 Å². The van der Waals surface area contributed by atoms with E-state index in [0.29, 0.717) is 17.0 Å². The first kappa shape index (κ1) is 13.5. The second kappa shape index (κ2) is 6.31. The van der Waals surface area contributed by atoms with Crippen LogP contribution >= 0.6 is 22.7 Å². The van der Waals surface area contributed by atoms with Gasteiger partial charge in [-0.3, -0.25) is 4.79 Å². The maximum Gasteiger partial charge on any atom is 0.328 e. The van der Waals surface area contributed by atoms with Crippen molar-refractivity contribution in [2.75, 3.05) is 0 Å². The van der Waals surface area contributed by atoms with Crippen molar-refractivity contribution in [3.63, 3.8) is 0 Å². The highest BCUT2D eigenvalue weighted by Gasteiger charge is 2.11. The van der Waals surface area contributed by atoms with Gasteiger partial charge in [-0.25, -0.2) is 4.79 Å². The molecule has 2 heterocycles. The van der Waals surface area contributed by atoms with E-state index in [0.717, 1.165) is 11.0 Å². The number of aliphatic carboxylic acids is 1. The second-order valence-electron chi connectivity index (χ2n) is 3.64. The van der Waals surface area contributed by atoms with Gasteiger partial charge in [-0.2, -0.15) is 0 Å². The van der Waals surface area contributed by atoms with E-state index in [2.05, 4.69) is 5.32 Å². The Labute approximate surface area is 118 Å². The number of carbonyl (C=O) groups is 2. The number of carboxylic acid groups (broad SMARTS) is 1. The molecule has 0 fully saturated rings. The van der Waals surface area contributed by atoms with E-state index in [4.69, 9.17) is 5.11 Å². The molecule has 2 aromatic heterocycles. The molecule has 0 aromatic carbocycles. The highest BCUT2D eigenvalue weighted by molar-refractivity contribution is 7.12. The van der Waals surface area contributed by atoms with Crippen molar-refractivity contribution in [1.29, 1.82) is 0 Å². The fraction of sp³-hybridized carbons (Fsp3) is 0.0769. The van der Waals surface area contributed by atoms with Crippen LogP contribution in [0.3, 0.4) is 0 Å². The Morgan fingerprint density at radius 1 is 1.26 bits per heavy atom. The molecule has 0 spiro atoms. The van der Waals surface area contributed by atoms with E-state index in [1.165, 1.54) is 17.4 Å². The van der Waals surface area contributed by atoms with Crippen molar-refractivity contribution in [1.82, 2.24) is 5.32 Å². The van der Waals surface area contributed by atoms with Gasteiger partial charge in [0.15, 0.2) is 0 Å². The van der Waals surface area contributed by atoms with Crippen LogP contribution in [0.4, 0.5) is 0 Å². The summed E-state index contributed by atoms with van der Waals surface area (Å²) in [6, 6.07) is 5.60. The number of carboxylic acids is 1. The van der Waals surface area contributed by atoms with E-state index >= 15 is 0 Å². The highest BCUT2D eigenvalue weighted by Crippen LogP contribution is 2.18. The molecule has 19 heavy (non-hydrogen) atoms. The summed E-state index contributed by atoms with van der Waals surface area (Å²) >= 11 is 2.87. The number of nitrogens with one attached hydrogen (secondary N) is 1. The van der Waals surface area contributed by atoms with Crippen LogP contribution in [0.1, 0.15) is 20.1 Å². The minimum absolute atomic E-state index is 0.187. The molecule has 0 aliphatic carbocycles. The lowest BCUT2D eigenvalue weighted by Gasteiger charge is -2.02. The van der Waals surface area contributed by atoms with Gasteiger partial charge in [0.25, 0.3) is 5.91 Å². The number of hydrogen-bond acceptors (Lipinski definition) is 4. The lowest BCUT2D eigenvalue weighted by molar-refractivity contribution is -0.131. The zero-order chi connectivity index (χ0) is 13.7. The molecule has 0 radical (unpaired) electrons. The van der Waals surface area contributed by atoms with Crippen molar-refractivity contribution in [2.24, 2.45) is 0 Å². The third-order valence-corrected chi connectivity index (χ3v) is 4.12. The Morgan fingerprint density at radius 2 is 2.11 bits per heavy atom. The third kappa shape index (κ3) is 3.77. The van der Waals surface area contributed by atoms with Gasteiger partial charge in [-0.1, -0.05) is 6.07 Å². The summed E-state index contributed by atoms with van der Waals surface area (Å²) in [6.07, 6.45) is 2.46. The standard InChI is InChI=1S/C13H11NO3S2/c15-11(16)4-3-9-5-7-19-12(9)13(17)14-8-10-2-1-6-18-10/h1-7H,8H2,(H,14,17)(H,15,16)/b4-3+. The molecule has 2 aromatic rings. The lowest BCUT2D eigenvalue weighted by atomic mass is 10.2. The largest absolute Gasteiger partial charge is 0.478 e. The molecule has 2 rings (SSSR count). The fourth-order valence-corrected chi connectivity index (χ4v) is 2.90. The summed E-state index contributed by atoms with van der Waals surface area (Å²) in [5.74, 6) is -1.22. The molecule has 6 heteroatoms. The molecule has 98 valence electrons. The maximum absolute atomic E-state index is 12.0. The van der Waals surface area contributed by atoms with Crippen molar-refractivity contribution in [2.45, 2.75) is 6.54 Å². The molecule has 0 bridgehead atoms. The van der Waals surface area contributed by atoms with Crippen LogP contribution in [0.15, 0.2) is 35.0 Å². The van der Waals surface area contributed by atoms with E-state index < -0.39 is 5.97 Å². The Bertz CT molecular complexity index is 599. The fourth-order valence-electron chi connectivity index (χ4n) is 1.46. The van der Waals surface area contributed by atoms with Crippen LogP contribution in [-0.4, -0.2) is 17.0 Å². The first-order valence-corrected chi connectivity index (χ1v) is 7.22. The Hall–Kier alpha value is -1.92. The van der Waals surface area contributed by atoms with Gasteiger partial charge in [0.1, 0.15) is 0 Å². The number of thiophene rings is 2. The van der Waals surface area contributed by atoms with E-state index in [1.54, 1.807) is 22.8 Å². The summed E-state index contributed by atoms with van der Waals surface area (Å²) in [5, 5.41) is 15.1. The number of rotatable bonds is 5. The number of amides is 1. The molecule has 0 saturated carbocycles. The second-order valence-corrected chi connectivity index (χ2v) is 5.59. The van der Waals surface area contributed by atoms with E-state index in [-0.39, 0.29) is 5.91 Å². The smallest absolute Gasteiger partial charge is 0.328 e. The third-order valence-electron chi connectivity index (χ3n) is 2.31. The van der Waals surface area contributed by atoms with E-state index in [9.17, 15) is 9.59 Å². The van der Waals surface area contributed by atoms with Crippen molar-refractivity contribution in [3.05, 3.63) is 50.4 Å². The van der Waals surface area contributed by atoms with Gasteiger partial charge in [0.05, 0.1) is 11.4 Å². The quantitative estimate of drug-likeness (QED) is 0.833. The van der Waals surface area contributed by atoms with Gasteiger partial charge in [0.2, 0.25) is 0 Å². The summed E-state index contributed by atoms with van der Waals surface area (Å²) in [6.45, 7) is 0.483. The first-order chi connectivity index (χ1) is 9.16. The van der Waals surface area contributed by atoms with Crippen molar-refractivity contribution < 1.29 is 14.7 Å². The molecule has 0 saturated heterocycles. The molecule has 1 amide bonds. The van der Waals surface area contributed by atoms with Crippen LogP contribution in [0, 0.1) is 0 Å². The summed E-state index contributed by atoms with van der Waals surface area (Å²) in [4.78, 5) is 24.1. The minimum atomic E-state index is -1.03. The summed E-state index contributed by atoms with van der Waals surface area (Å²) in [5.41, 5.74) is 0.621. The predicted octanol–water partition coefficient (Wildman–Crippen LogP) is 2.84. The van der Waals surface area contributed by atoms with Crippen molar-refractivity contribution >= 4 is 40.6 Å². The molecular weight excluding hydrogens is 282 g/mol. The van der Waals surface area contributed by atoms with Gasteiger partial charge in [-0.15, -0.1) is 22.7 Å². The first-order valence-electron chi connectivity index (χ1n) is 5.46. The molecular formula is C13H11NO3S2. The SMILES string of the molecule is O=C(O)/C=C/c1ccsc1C(=O)NCc1cccs1. The normalized spacial score (nSPS) is 10.7. The van der Waals surface area contributed by atoms with Gasteiger partial charge in [0, 0.05) is 11.0 Å². The topological polar surface area (TPSA) is 66.4 Å². The average molecular weight is 293 g/mol. The maximum atomic E-state index is 12.0. The van der Waals surface area contributed by atoms with Crippen LogP contribution in [0.5, 0.6) is 0 Å². The number of carbonyl (C=O) groups excluding carboxylic acids is 1. The summed E-state index contributed by atoms with van der Waals surface area (Å²) in [7, 11) is 0. The van der Waals surface area contributed by atoms with Crippen LogP contribution in [-0.2, 0) is 11.3 Å². The summed E-state index contributed by atoms with van der Waals surface area (Å²) < 4.78 is 0. The van der Waals surface area contributed by atoms with Crippen molar-refractivity contribution in [3.8, 4) is 0 Å². The van der Waals surface area contributed by atoms with Crippen LogP contribution in [0.2, 0.25) is 0 Å². The monoisotopic (exact) mass is 293 g/mol. The highest BCUT2D eigenvalue weighted by atomic mass is 32.1. The zero-order valence-corrected chi connectivity index (χ0v) is 11.5. The average Bonchev–Trinajstić information content (AvgIpc) is 3.04. The Morgan fingerprint density at radius 3 is 2.79 bits per heavy atom. The molecule has 2 N–H and O–H groups in total. The lowest BCUT2D eigenvalue weighted by Crippen LogP contribution is -2.21. The molecule has 0 aliphatic heterocycles. The van der Waals surface area contributed by atoms with Gasteiger partial charge >= 0.3 is 5.97 Å². The zero-order valence-electron chi connectivity index (χ0n) is 9.83. The van der Waals surface area contributed by atoms with Crippen LogP contribution in [0.25, 0.3) is 6.08 Å². The predicted molar refractivity (Wildman–Crippen MR) is 76.5 cm³/mol.